The monoisotopic (exact) mass is 422 g/mol. The number of hydrogen-bond donors (Lipinski definition) is 1. The van der Waals surface area contributed by atoms with E-state index in [1.165, 1.54) is 6.07 Å². The molecular formula is C21H31FN4O4. The Morgan fingerprint density at radius 2 is 1.90 bits per heavy atom. The second-order valence-electron chi connectivity index (χ2n) is 8.56. The Morgan fingerprint density at radius 3 is 2.47 bits per heavy atom. The number of rotatable bonds is 3. The van der Waals surface area contributed by atoms with Gasteiger partial charge >= 0.3 is 6.09 Å². The van der Waals surface area contributed by atoms with Crippen LogP contribution in [0.3, 0.4) is 0 Å². The number of hydrogen-bond acceptors (Lipinski definition) is 5. The molecule has 0 saturated carbocycles. The van der Waals surface area contributed by atoms with E-state index in [1.54, 1.807) is 28.5 Å². The van der Waals surface area contributed by atoms with Gasteiger partial charge in [-0.15, -0.1) is 0 Å². The second kappa shape index (κ2) is 9.42. The van der Waals surface area contributed by atoms with Crippen LogP contribution in [-0.2, 0) is 19.8 Å². The number of halogens is 1. The summed E-state index contributed by atoms with van der Waals surface area (Å²) < 4.78 is 25.7. The van der Waals surface area contributed by atoms with E-state index >= 15 is 0 Å². The van der Waals surface area contributed by atoms with E-state index in [9.17, 15) is 14.0 Å². The summed E-state index contributed by atoms with van der Waals surface area (Å²) in [6, 6.07) is 3.01. The van der Waals surface area contributed by atoms with Crippen molar-refractivity contribution in [2.24, 2.45) is 0 Å². The Balaban J connectivity index is 0.000000222. The minimum Gasteiger partial charge on any atom is -0.444 e. The Kier molecular flexibility index (Phi) is 7.41. The molecule has 3 heterocycles. The van der Waals surface area contributed by atoms with Crippen LogP contribution in [0, 0.1) is 12.7 Å². The predicted octanol–water partition coefficient (Wildman–Crippen LogP) is 3.02. The SMILES string of the molecule is CC(C)(C)OC(=O)N1CCOCC1.Cc1nc(C(C)(C)NC=O)n2cccc(F)c12. The molecule has 30 heavy (non-hydrogen) atoms. The van der Waals surface area contributed by atoms with Crippen LogP contribution in [0.2, 0.25) is 0 Å². The van der Waals surface area contributed by atoms with Crippen LogP contribution in [0.4, 0.5) is 9.18 Å². The molecule has 1 saturated heterocycles. The van der Waals surface area contributed by atoms with Gasteiger partial charge in [-0.25, -0.2) is 14.2 Å². The first-order valence-corrected chi connectivity index (χ1v) is 9.87. The summed E-state index contributed by atoms with van der Waals surface area (Å²) in [5.74, 6) is 0.294. The number of carbonyl (C=O) groups is 2. The highest BCUT2D eigenvalue weighted by molar-refractivity contribution is 5.68. The molecular weight excluding hydrogens is 391 g/mol. The molecule has 0 unspecified atom stereocenters. The normalized spacial score (nSPS) is 14.7. The number of pyridine rings is 1. The maximum absolute atomic E-state index is 13.7. The number of aromatic nitrogens is 2. The van der Waals surface area contributed by atoms with Crippen LogP contribution in [0.25, 0.3) is 5.52 Å². The van der Waals surface area contributed by atoms with Crippen molar-refractivity contribution in [1.29, 1.82) is 0 Å². The van der Waals surface area contributed by atoms with Gasteiger partial charge in [0.1, 0.15) is 22.8 Å². The Hall–Kier alpha value is -2.68. The number of amides is 2. The average molecular weight is 423 g/mol. The maximum Gasteiger partial charge on any atom is 0.410 e. The Morgan fingerprint density at radius 1 is 1.27 bits per heavy atom. The second-order valence-corrected chi connectivity index (χ2v) is 8.56. The largest absolute Gasteiger partial charge is 0.444 e. The summed E-state index contributed by atoms with van der Waals surface area (Å²) in [7, 11) is 0. The molecule has 8 nitrogen and oxygen atoms in total. The van der Waals surface area contributed by atoms with Crippen LogP contribution < -0.4 is 5.32 Å². The topological polar surface area (TPSA) is 85.2 Å². The molecule has 0 atom stereocenters. The van der Waals surface area contributed by atoms with Gasteiger partial charge in [-0.3, -0.25) is 9.20 Å². The molecule has 2 amide bonds. The highest BCUT2D eigenvalue weighted by Gasteiger charge is 2.26. The first kappa shape index (κ1) is 23.6. The summed E-state index contributed by atoms with van der Waals surface area (Å²) in [5, 5.41) is 2.68. The molecule has 1 fully saturated rings. The lowest BCUT2D eigenvalue weighted by atomic mass is 10.1. The zero-order valence-electron chi connectivity index (χ0n) is 18.5. The molecule has 0 radical (unpaired) electrons. The standard InChI is InChI=1S/C12H14FN3O.C9H17NO3/c1-8-10-9(13)5-4-6-16(10)11(15-8)12(2,3)14-7-17;1-9(2,3)13-8(11)10-4-6-12-7-5-10/h4-7H,1-3H3,(H,14,17);4-7H2,1-3H3. The van der Waals surface area contributed by atoms with Gasteiger partial charge in [-0.05, 0) is 53.7 Å². The zero-order chi connectivity index (χ0) is 22.5. The van der Waals surface area contributed by atoms with E-state index in [0.29, 0.717) is 49.7 Å². The van der Waals surface area contributed by atoms with Crippen molar-refractivity contribution in [3.05, 3.63) is 35.7 Å². The summed E-state index contributed by atoms with van der Waals surface area (Å²) in [5.41, 5.74) is 0.00408. The van der Waals surface area contributed by atoms with Crippen molar-refractivity contribution < 1.29 is 23.5 Å². The molecule has 166 valence electrons. The smallest absolute Gasteiger partial charge is 0.410 e. The summed E-state index contributed by atoms with van der Waals surface area (Å²) in [6.07, 6.45) is 2.12. The summed E-state index contributed by atoms with van der Waals surface area (Å²) >= 11 is 0. The number of nitrogens with one attached hydrogen (secondary N) is 1. The van der Waals surface area contributed by atoms with Crippen LogP contribution in [0.1, 0.15) is 46.1 Å². The minimum absolute atomic E-state index is 0.240. The van der Waals surface area contributed by atoms with E-state index in [-0.39, 0.29) is 11.9 Å². The minimum atomic E-state index is -0.646. The molecule has 0 aromatic carbocycles. The van der Waals surface area contributed by atoms with Crippen LogP contribution >= 0.6 is 0 Å². The fraction of sp³-hybridized carbons (Fsp3) is 0.571. The Labute approximate surface area is 176 Å². The lowest BCUT2D eigenvalue weighted by Gasteiger charge is -2.29. The maximum atomic E-state index is 13.7. The molecule has 0 aliphatic carbocycles. The van der Waals surface area contributed by atoms with E-state index in [4.69, 9.17) is 9.47 Å². The lowest BCUT2D eigenvalue weighted by Crippen LogP contribution is -2.43. The predicted molar refractivity (Wildman–Crippen MR) is 111 cm³/mol. The lowest BCUT2D eigenvalue weighted by molar-refractivity contribution is -0.111. The molecule has 1 aliphatic heterocycles. The average Bonchev–Trinajstić information content (AvgIpc) is 3.01. The summed E-state index contributed by atoms with van der Waals surface area (Å²) in [6.45, 7) is 13.5. The number of imidazole rings is 1. The molecule has 0 spiro atoms. The first-order chi connectivity index (χ1) is 14.0. The summed E-state index contributed by atoms with van der Waals surface area (Å²) in [4.78, 5) is 28.1. The van der Waals surface area contributed by atoms with Gasteiger partial charge in [0.05, 0.1) is 24.4 Å². The van der Waals surface area contributed by atoms with Gasteiger partial charge in [0, 0.05) is 19.3 Å². The first-order valence-electron chi connectivity index (χ1n) is 9.87. The Bertz CT molecular complexity index is 883. The number of fused-ring (bicyclic) bond motifs is 1. The number of morpholine rings is 1. The van der Waals surface area contributed by atoms with E-state index in [0.717, 1.165) is 0 Å². The van der Waals surface area contributed by atoms with Crippen LogP contribution in [0.5, 0.6) is 0 Å². The van der Waals surface area contributed by atoms with Crippen LogP contribution in [-0.4, -0.2) is 58.7 Å². The number of ether oxygens (including phenoxy) is 2. The van der Waals surface area contributed by atoms with Gasteiger partial charge in [-0.2, -0.15) is 0 Å². The third-order valence-electron chi connectivity index (χ3n) is 4.43. The van der Waals surface area contributed by atoms with Gasteiger partial charge in [0.15, 0.2) is 0 Å². The highest BCUT2D eigenvalue weighted by atomic mass is 19.1. The van der Waals surface area contributed by atoms with E-state index in [1.807, 2.05) is 34.6 Å². The van der Waals surface area contributed by atoms with E-state index < -0.39 is 11.1 Å². The van der Waals surface area contributed by atoms with Crippen molar-refractivity contribution in [3.63, 3.8) is 0 Å². The fourth-order valence-electron chi connectivity index (χ4n) is 3.00. The van der Waals surface area contributed by atoms with Gasteiger partial charge in [-0.1, -0.05) is 0 Å². The van der Waals surface area contributed by atoms with Gasteiger partial charge in [0.25, 0.3) is 0 Å². The molecule has 3 rings (SSSR count). The third-order valence-corrected chi connectivity index (χ3v) is 4.43. The molecule has 2 aromatic heterocycles. The molecule has 1 N–H and O–H groups in total. The number of carbonyl (C=O) groups excluding carboxylic acids is 2. The molecule has 0 bridgehead atoms. The van der Waals surface area contributed by atoms with Gasteiger partial charge in [0.2, 0.25) is 6.41 Å². The fourth-order valence-corrected chi connectivity index (χ4v) is 3.00. The van der Waals surface area contributed by atoms with Crippen molar-refractivity contribution in [1.82, 2.24) is 19.6 Å². The van der Waals surface area contributed by atoms with Crippen molar-refractivity contribution in [3.8, 4) is 0 Å². The number of aryl methyl sites for hydroxylation is 1. The third kappa shape index (κ3) is 5.91. The van der Waals surface area contributed by atoms with Crippen molar-refractivity contribution in [2.45, 2.75) is 52.7 Å². The zero-order valence-corrected chi connectivity index (χ0v) is 18.5. The quantitative estimate of drug-likeness (QED) is 0.769. The van der Waals surface area contributed by atoms with Crippen LogP contribution in [0.15, 0.2) is 18.3 Å². The van der Waals surface area contributed by atoms with E-state index in [2.05, 4.69) is 10.3 Å². The number of nitrogens with zero attached hydrogens (tertiary/aromatic N) is 3. The van der Waals surface area contributed by atoms with Crippen molar-refractivity contribution in [2.75, 3.05) is 26.3 Å². The highest BCUT2D eigenvalue weighted by Crippen LogP contribution is 2.23. The van der Waals surface area contributed by atoms with Gasteiger partial charge < -0.3 is 19.7 Å². The molecule has 1 aliphatic rings. The molecule has 9 heteroatoms. The van der Waals surface area contributed by atoms with Crippen molar-refractivity contribution >= 4 is 18.0 Å². The molecule has 2 aromatic rings.